The van der Waals surface area contributed by atoms with Crippen LogP contribution >= 0.6 is 11.9 Å². The fraction of sp³-hybridized carbons (Fsp3) is 0.500. The summed E-state index contributed by atoms with van der Waals surface area (Å²) >= 11 is 0.707. The zero-order valence-electron chi connectivity index (χ0n) is 17.8. The van der Waals surface area contributed by atoms with Gasteiger partial charge in [0.2, 0.25) is 12.4 Å². The van der Waals surface area contributed by atoms with E-state index in [1.165, 1.54) is 24.3 Å². The summed E-state index contributed by atoms with van der Waals surface area (Å²) in [6.45, 7) is 5.95. The summed E-state index contributed by atoms with van der Waals surface area (Å²) in [5, 5.41) is 0. The second-order valence-electron chi connectivity index (χ2n) is 8.92. The maximum atomic E-state index is 15.0. The van der Waals surface area contributed by atoms with Gasteiger partial charge in [-0.2, -0.15) is 4.39 Å². The molecule has 0 amide bonds. The SMILES string of the molecule is Cc1c(N2CC[C@@H](CN3CC(C)(C(F)F)C3)C2)cc(F)c(SNc2cccc(F)n2)c1F. The van der Waals surface area contributed by atoms with Crippen LogP contribution in [0.3, 0.4) is 0 Å². The molecule has 0 radical (unpaired) electrons. The number of nitrogens with one attached hydrogen (secondary N) is 1. The van der Waals surface area contributed by atoms with E-state index in [0.29, 0.717) is 55.9 Å². The molecule has 4 nitrogen and oxygen atoms in total. The first-order valence-electron chi connectivity index (χ1n) is 10.5. The van der Waals surface area contributed by atoms with Gasteiger partial charge in [-0.15, -0.1) is 0 Å². The van der Waals surface area contributed by atoms with Crippen LogP contribution in [0.4, 0.5) is 33.5 Å². The van der Waals surface area contributed by atoms with Crippen molar-refractivity contribution in [1.82, 2.24) is 9.88 Å². The van der Waals surface area contributed by atoms with Crippen molar-refractivity contribution in [1.29, 1.82) is 0 Å². The maximum Gasteiger partial charge on any atom is 0.246 e. The van der Waals surface area contributed by atoms with Gasteiger partial charge in [0.15, 0.2) is 0 Å². The molecule has 2 saturated heterocycles. The molecule has 3 heterocycles. The molecular weight excluding hydrogens is 447 g/mol. The minimum Gasteiger partial charge on any atom is -0.371 e. The summed E-state index contributed by atoms with van der Waals surface area (Å²) < 4.78 is 71.7. The number of alkyl halides is 2. The van der Waals surface area contributed by atoms with Crippen LogP contribution in [-0.2, 0) is 0 Å². The van der Waals surface area contributed by atoms with E-state index >= 15 is 0 Å². The Morgan fingerprint density at radius 1 is 1.25 bits per heavy atom. The van der Waals surface area contributed by atoms with E-state index in [4.69, 9.17) is 0 Å². The highest BCUT2D eigenvalue weighted by Crippen LogP contribution is 2.39. The summed E-state index contributed by atoms with van der Waals surface area (Å²) in [6.07, 6.45) is -1.48. The van der Waals surface area contributed by atoms with Crippen molar-refractivity contribution in [2.24, 2.45) is 11.3 Å². The Hall–Kier alpha value is -2.07. The third kappa shape index (κ3) is 4.66. The molecular formula is C22H25F5N4S. The molecule has 1 aromatic heterocycles. The Labute approximate surface area is 188 Å². The quantitative estimate of drug-likeness (QED) is 0.334. The first-order valence-corrected chi connectivity index (χ1v) is 11.3. The fourth-order valence-corrected chi connectivity index (χ4v) is 5.20. The van der Waals surface area contributed by atoms with Crippen LogP contribution in [0, 0.1) is 35.8 Å². The number of benzene rings is 1. The minimum absolute atomic E-state index is 0.159. The Kier molecular flexibility index (Phi) is 6.53. The molecule has 174 valence electrons. The summed E-state index contributed by atoms with van der Waals surface area (Å²) in [5.41, 5.74) is -0.0986. The molecule has 1 atom stereocenters. The molecule has 0 unspecified atom stereocenters. The van der Waals surface area contributed by atoms with E-state index in [1.54, 1.807) is 13.8 Å². The number of likely N-dealkylation sites (tertiary alicyclic amines) is 1. The van der Waals surface area contributed by atoms with Gasteiger partial charge in [-0.1, -0.05) is 13.0 Å². The maximum absolute atomic E-state index is 15.0. The summed E-state index contributed by atoms with van der Waals surface area (Å²) in [4.78, 5) is 7.39. The summed E-state index contributed by atoms with van der Waals surface area (Å²) in [6, 6.07) is 5.45. The van der Waals surface area contributed by atoms with E-state index in [0.717, 1.165) is 6.42 Å². The number of nitrogens with zero attached hydrogens (tertiary/aromatic N) is 3. The third-order valence-electron chi connectivity index (χ3n) is 6.21. The number of rotatable bonds is 7. The third-order valence-corrected chi connectivity index (χ3v) is 7.09. The molecule has 0 saturated carbocycles. The van der Waals surface area contributed by atoms with Gasteiger partial charge in [-0.25, -0.2) is 22.5 Å². The molecule has 32 heavy (non-hydrogen) atoms. The van der Waals surface area contributed by atoms with Crippen LogP contribution in [0.1, 0.15) is 18.9 Å². The van der Waals surface area contributed by atoms with Crippen LogP contribution in [0.25, 0.3) is 0 Å². The highest BCUT2D eigenvalue weighted by Gasteiger charge is 2.46. The van der Waals surface area contributed by atoms with Crippen LogP contribution in [0.2, 0.25) is 0 Å². The van der Waals surface area contributed by atoms with E-state index in [-0.39, 0.29) is 16.6 Å². The monoisotopic (exact) mass is 472 g/mol. The summed E-state index contributed by atoms with van der Waals surface area (Å²) in [7, 11) is 0. The average molecular weight is 473 g/mol. The standard InChI is InChI=1S/C22H25F5N4S/c1-13-16(31-7-6-14(10-31)9-30-11-22(2,12-30)21(26)27)8-15(23)20(19(13)25)32-29-18-5-3-4-17(24)28-18/h3-5,8,14,21H,6-7,9-12H2,1-2H3,(H,28,29)/t14-/m0/s1. The molecule has 0 spiro atoms. The van der Waals surface area contributed by atoms with Gasteiger partial charge >= 0.3 is 0 Å². The lowest BCUT2D eigenvalue weighted by atomic mass is 9.82. The second kappa shape index (κ2) is 9.05. The van der Waals surface area contributed by atoms with E-state index in [1.807, 2.05) is 9.80 Å². The molecule has 4 rings (SSSR count). The predicted octanol–water partition coefficient (Wildman–Crippen LogP) is 5.34. The van der Waals surface area contributed by atoms with Gasteiger partial charge in [0.05, 0.1) is 5.41 Å². The average Bonchev–Trinajstić information content (AvgIpc) is 3.17. The smallest absolute Gasteiger partial charge is 0.246 e. The Morgan fingerprint density at radius 2 is 2.00 bits per heavy atom. The largest absolute Gasteiger partial charge is 0.371 e. The van der Waals surface area contributed by atoms with Crippen molar-refractivity contribution in [2.75, 3.05) is 42.3 Å². The normalized spacial score (nSPS) is 20.6. The van der Waals surface area contributed by atoms with Crippen LogP contribution in [0.5, 0.6) is 0 Å². The van der Waals surface area contributed by atoms with Crippen molar-refractivity contribution in [3.63, 3.8) is 0 Å². The highest BCUT2D eigenvalue weighted by molar-refractivity contribution is 8.00. The molecule has 2 fully saturated rings. The molecule has 0 aliphatic carbocycles. The number of pyridine rings is 1. The molecule has 1 N–H and O–H groups in total. The predicted molar refractivity (Wildman–Crippen MR) is 116 cm³/mol. The lowest BCUT2D eigenvalue weighted by Crippen LogP contribution is -2.59. The Balaban J connectivity index is 1.39. The lowest BCUT2D eigenvalue weighted by molar-refractivity contribution is -0.103. The van der Waals surface area contributed by atoms with Crippen molar-refractivity contribution in [3.05, 3.63) is 47.4 Å². The fourth-order valence-electron chi connectivity index (χ4n) is 4.48. The second-order valence-corrected chi connectivity index (χ2v) is 9.74. The molecule has 0 bridgehead atoms. The van der Waals surface area contributed by atoms with Gasteiger partial charge in [-0.3, -0.25) is 0 Å². The van der Waals surface area contributed by atoms with Gasteiger partial charge in [-0.05, 0) is 49.4 Å². The van der Waals surface area contributed by atoms with Gasteiger partial charge in [0, 0.05) is 44.0 Å². The van der Waals surface area contributed by atoms with Crippen molar-refractivity contribution >= 4 is 23.5 Å². The van der Waals surface area contributed by atoms with E-state index < -0.39 is 29.4 Å². The van der Waals surface area contributed by atoms with Crippen LogP contribution < -0.4 is 9.62 Å². The van der Waals surface area contributed by atoms with Gasteiger partial charge in [0.25, 0.3) is 0 Å². The molecule has 10 heteroatoms. The highest BCUT2D eigenvalue weighted by atomic mass is 32.2. The van der Waals surface area contributed by atoms with E-state index in [2.05, 4.69) is 9.71 Å². The van der Waals surface area contributed by atoms with Crippen molar-refractivity contribution < 1.29 is 22.0 Å². The Bertz CT molecular complexity index is 983. The molecule has 2 aromatic rings. The van der Waals surface area contributed by atoms with Crippen molar-refractivity contribution in [2.45, 2.75) is 31.6 Å². The van der Waals surface area contributed by atoms with E-state index in [9.17, 15) is 22.0 Å². The topological polar surface area (TPSA) is 31.4 Å². The number of hydrogen-bond donors (Lipinski definition) is 1. The number of hydrogen-bond acceptors (Lipinski definition) is 5. The molecule has 1 aromatic carbocycles. The first-order chi connectivity index (χ1) is 15.2. The summed E-state index contributed by atoms with van der Waals surface area (Å²) in [5.74, 6) is -1.66. The lowest BCUT2D eigenvalue weighted by Gasteiger charge is -2.48. The van der Waals surface area contributed by atoms with Crippen molar-refractivity contribution in [3.8, 4) is 0 Å². The molecule has 2 aliphatic rings. The zero-order valence-corrected chi connectivity index (χ0v) is 18.7. The van der Waals surface area contributed by atoms with Gasteiger partial charge < -0.3 is 14.5 Å². The van der Waals surface area contributed by atoms with Gasteiger partial charge in [0.1, 0.15) is 22.3 Å². The van der Waals surface area contributed by atoms with Crippen LogP contribution in [-0.4, -0.2) is 49.0 Å². The number of aromatic nitrogens is 1. The first kappa shape index (κ1) is 23.1. The zero-order chi connectivity index (χ0) is 23.0. The minimum atomic E-state index is -2.32. The number of halogens is 5. The van der Waals surface area contributed by atoms with Crippen LogP contribution in [0.15, 0.2) is 29.2 Å². The Morgan fingerprint density at radius 3 is 2.69 bits per heavy atom. The molecule has 2 aliphatic heterocycles. The number of anilines is 2.